The lowest BCUT2D eigenvalue weighted by atomic mass is 9.99. The summed E-state index contributed by atoms with van der Waals surface area (Å²) in [6.07, 6.45) is 5.98. The van der Waals surface area contributed by atoms with Crippen LogP contribution in [0.25, 0.3) is 11.3 Å². The maximum Gasteiger partial charge on any atom is 0.213 e. The molecule has 30 heavy (non-hydrogen) atoms. The first kappa shape index (κ1) is 20.5. The van der Waals surface area contributed by atoms with Gasteiger partial charge < -0.3 is 10.6 Å². The van der Waals surface area contributed by atoms with Crippen molar-refractivity contribution in [2.24, 2.45) is 4.99 Å². The largest absolute Gasteiger partial charge is 0.383 e. The number of rotatable bonds is 4. The van der Waals surface area contributed by atoms with Crippen LogP contribution in [0.4, 0.5) is 5.82 Å². The Balaban J connectivity index is 1.62. The highest BCUT2D eigenvalue weighted by Gasteiger charge is 2.30. The number of sulfonamides is 1. The number of pyridine rings is 2. The molecule has 9 heteroatoms. The average Bonchev–Trinajstić information content (AvgIpc) is 3.22. The first-order chi connectivity index (χ1) is 14.4. The number of amidine groups is 1. The fraction of sp³-hybridized carbons (Fsp3) is 0.381. The van der Waals surface area contributed by atoms with Crippen molar-refractivity contribution < 1.29 is 8.42 Å². The fourth-order valence-electron chi connectivity index (χ4n) is 3.81. The van der Waals surface area contributed by atoms with Crippen LogP contribution < -0.4 is 5.73 Å². The number of anilines is 1. The first-order valence-electron chi connectivity index (χ1n) is 10.1. The molecule has 2 aromatic heterocycles. The molecule has 0 saturated carbocycles. The molecule has 158 valence electrons. The molecule has 0 unspecified atom stereocenters. The number of hydrogen-bond acceptors (Lipinski definition) is 7. The Hall–Kier alpha value is -2.78. The van der Waals surface area contributed by atoms with Crippen molar-refractivity contribution in [2.45, 2.75) is 20.3 Å². The minimum absolute atomic E-state index is 0.134. The second-order valence-corrected chi connectivity index (χ2v) is 9.74. The Bertz CT molecular complexity index is 1100. The van der Waals surface area contributed by atoms with Gasteiger partial charge in [0.2, 0.25) is 10.0 Å². The zero-order valence-electron chi connectivity index (χ0n) is 17.2. The number of piperazine rings is 1. The number of nitrogens with two attached hydrogens (primary N) is 1. The molecule has 8 nitrogen and oxygen atoms in total. The van der Waals surface area contributed by atoms with Crippen molar-refractivity contribution in [2.75, 3.05) is 37.7 Å². The third kappa shape index (κ3) is 3.95. The SMILES string of the molecule is CCS(=O)(=O)N1CCN(C2=NC(c3ccncc3)=C(c3cnc(N)c(C)c3)C2)CC1. The summed E-state index contributed by atoms with van der Waals surface area (Å²) in [5.74, 6) is 1.62. The summed E-state index contributed by atoms with van der Waals surface area (Å²) in [5, 5.41) is 0. The summed E-state index contributed by atoms with van der Waals surface area (Å²) < 4.78 is 25.9. The van der Waals surface area contributed by atoms with E-state index in [1.807, 2.05) is 25.1 Å². The predicted octanol–water partition coefficient (Wildman–Crippen LogP) is 2.01. The van der Waals surface area contributed by atoms with Crippen molar-refractivity contribution in [1.29, 1.82) is 0 Å². The second kappa shape index (κ2) is 8.16. The fourth-order valence-corrected chi connectivity index (χ4v) is 4.89. The molecule has 4 heterocycles. The summed E-state index contributed by atoms with van der Waals surface area (Å²) >= 11 is 0. The number of nitrogen functional groups attached to an aromatic ring is 1. The molecule has 2 aromatic rings. The number of nitrogens with zero attached hydrogens (tertiary/aromatic N) is 5. The van der Waals surface area contributed by atoms with E-state index in [-0.39, 0.29) is 5.75 Å². The molecule has 0 spiro atoms. The van der Waals surface area contributed by atoms with E-state index in [0.717, 1.165) is 33.8 Å². The van der Waals surface area contributed by atoms with Crippen LogP contribution in [0.3, 0.4) is 0 Å². The third-order valence-corrected chi connectivity index (χ3v) is 7.53. The molecule has 1 saturated heterocycles. The van der Waals surface area contributed by atoms with Gasteiger partial charge in [-0.1, -0.05) is 0 Å². The van der Waals surface area contributed by atoms with Crippen LogP contribution >= 0.6 is 0 Å². The monoisotopic (exact) mass is 426 g/mol. The van der Waals surface area contributed by atoms with Gasteiger partial charge in [0.1, 0.15) is 11.7 Å². The normalized spacial score (nSPS) is 18.1. The maximum absolute atomic E-state index is 12.2. The van der Waals surface area contributed by atoms with Crippen LogP contribution in [0.5, 0.6) is 0 Å². The number of hydrogen-bond donors (Lipinski definition) is 1. The quantitative estimate of drug-likeness (QED) is 0.802. The number of aryl methyl sites for hydroxylation is 1. The molecular weight excluding hydrogens is 400 g/mol. The summed E-state index contributed by atoms with van der Waals surface area (Å²) in [7, 11) is -3.16. The van der Waals surface area contributed by atoms with Gasteiger partial charge in [-0.05, 0) is 48.7 Å². The van der Waals surface area contributed by atoms with Gasteiger partial charge in [-0.2, -0.15) is 4.31 Å². The van der Waals surface area contributed by atoms with E-state index in [4.69, 9.17) is 10.7 Å². The lowest BCUT2D eigenvalue weighted by Crippen LogP contribution is -2.50. The van der Waals surface area contributed by atoms with Gasteiger partial charge in [-0.3, -0.25) is 4.98 Å². The molecular formula is C21H26N6O2S. The minimum Gasteiger partial charge on any atom is -0.383 e. The summed E-state index contributed by atoms with van der Waals surface area (Å²) in [6, 6.07) is 5.94. The molecule has 0 amide bonds. The van der Waals surface area contributed by atoms with Crippen molar-refractivity contribution >= 4 is 32.9 Å². The van der Waals surface area contributed by atoms with E-state index >= 15 is 0 Å². The molecule has 1 fully saturated rings. The van der Waals surface area contributed by atoms with E-state index in [0.29, 0.717) is 38.4 Å². The van der Waals surface area contributed by atoms with Crippen molar-refractivity contribution in [3.63, 3.8) is 0 Å². The Kier molecular flexibility index (Phi) is 5.57. The molecule has 0 aromatic carbocycles. The van der Waals surface area contributed by atoms with E-state index < -0.39 is 10.0 Å². The molecule has 0 aliphatic carbocycles. The predicted molar refractivity (Wildman–Crippen MR) is 119 cm³/mol. The van der Waals surface area contributed by atoms with E-state index in [9.17, 15) is 8.42 Å². The summed E-state index contributed by atoms with van der Waals surface area (Å²) in [5.41, 5.74) is 10.8. The van der Waals surface area contributed by atoms with E-state index in [1.54, 1.807) is 29.8 Å². The third-order valence-electron chi connectivity index (χ3n) is 5.64. The molecule has 4 rings (SSSR count). The Labute approximate surface area is 177 Å². The highest BCUT2D eigenvalue weighted by atomic mass is 32.2. The molecule has 2 N–H and O–H groups in total. The van der Waals surface area contributed by atoms with Crippen molar-refractivity contribution in [1.82, 2.24) is 19.2 Å². The van der Waals surface area contributed by atoms with Crippen LogP contribution in [-0.4, -0.2) is 65.4 Å². The first-order valence-corrected chi connectivity index (χ1v) is 11.7. The van der Waals surface area contributed by atoms with Gasteiger partial charge in [0.25, 0.3) is 0 Å². The molecule has 2 aliphatic rings. The van der Waals surface area contributed by atoms with E-state index in [2.05, 4.69) is 14.9 Å². The topological polar surface area (TPSA) is 105 Å². The zero-order valence-corrected chi connectivity index (χ0v) is 18.1. The lowest BCUT2D eigenvalue weighted by molar-refractivity contribution is 0.265. The number of aromatic nitrogens is 2. The highest BCUT2D eigenvalue weighted by molar-refractivity contribution is 7.89. The van der Waals surface area contributed by atoms with Crippen molar-refractivity contribution in [3.8, 4) is 0 Å². The van der Waals surface area contributed by atoms with Gasteiger partial charge in [0, 0.05) is 56.8 Å². The molecule has 0 atom stereocenters. The van der Waals surface area contributed by atoms with Gasteiger partial charge in [-0.25, -0.2) is 18.4 Å². The van der Waals surface area contributed by atoms with Crippen LogP contribution in [0.15, 0.2) is 41.8 Å². The Morgan fingerprint density at radius 1 is 1.10 bits per heavy atom. The number of aliphatic imine (C=N–C) groups is 1. The smallest absolute Gasteiger partial charge is 0.213 e. The Morgan fingerprint density at radius 2 is 1.80 bits per heavy atom. The van der Waals surface area contributed by atoms with Crippen molar-refractivity contribution in [3.05, 3.63) is 53.5 Å². The second-order valence-electron chi connectivity index (χ2n) is 7.48. The molecule has 0 bridgehead atoms. The zero-order chi connectivity index (χ0) is 21.3. The average molecular weight is 427 g/mol. The van der Waals surface area contributed by atoms with E-state index in [1.165, 1.54) is 0 Å². The minimum atomic E-state index is -3.16. The van der Waals surface area contributed by atoms with Gasteiger partial charge >= 0.3 is 0 Å². The van der Waals surface area contributed by atoms with Crippen LogP contribution in [-0.2, 0) is 10.0 Å². The lowest BCUT2D eigenvalue weighted by Gasteiger charge is -2.35. The van der Waals surface area contributed by atoms with Gasteiger partial charge in [0.15, 0.2) is 0 Å². The standard InChI is InChI=1S/C21H26N6O2S/c1-3-30(28,29)27-10-8-26(9-11-27)19-13-18(17-12-15(2)21(22)24-14-17)20(25-19)16-4-6-23-7-5-16/h4-7,12,14H,3,8-11,13H2,1-2H3,(H2,22,24). The highest BCUT2D eigenvalue weighted by Crippen LogP contribution is 2.36. The summed E-state index contributed by atoms with van der Waals surface area (Å²) in [4.78, 5) is 15.6. The molecule has 0 radical (unpaired) electrons. The molecule has 2 aliphatic heterocycles. The van der Waals surface area contributed by atoms with Gasteiger partial charge in [-0.15, -0.1) is 0 Å². The van der Waals surface area contributed by atoms with Crippen LogP contribution in [0.1, 0.15) is 30.0 Å². The van der Waals surface area contributed by atoms with Gasteiger partial charge in [0.05, 0.1) is 11.4 Å². The van der Waals surface area contributed by atoms with Crippen LogP contribution in [0.2, 0.25) is 0 Å². The summed E-state index contributed by atoms with van der Waals surface area (Å²) in [6.45, 7) is 5.86. The van der Waals surface area contributed by atoms with Crippen LogP contribution in [0, 0.1) is 6.92 Å². The maximum atomic E-state index is 12.2. The Morgan fingerprint density at radius 3 is 2.43 bits per heavy atom.